The Bertz CT molecular complexity index is 609. The van der Waals surface area contributed by atoms with Gasteiger partial charge in [0.1, 0.15) is 11.3 Å². The molecule has 2 aromatic heterocycles. The maximum absolute atomic E-state index is 12.4. The van der Waals surface area contributed by atoms with Gasteiger partial charge in [-0.05, 0) is 43.7 Å². The van der Waals surface area contributed by atoms with Crippen LogP contribution < -0.4 is 5.32 Å². The van der Waals surface area contributed by atoms with Crippen LogP contribution in [0.4, 0.5) is 0 Å². The Morgan fingerprint density at radius 3 is 2.90 bits per heavy atom. The highest BCUT2D eigenvalue weighted by molar-refractivity contribution is 5.93. The number of carbonyl (C=O) groups excluding carboxylic acids is 1. The minimum atomic E-state index is -0.487. The minimum Gasteiger partial charge on any atom is -0.394 e. The van der Waals surface area contributed by atoms with Crippen molar-refractivity contribution < 1.29 is 9.90 Å². The van der Waals surface area contributed by atoms with Gasteiger partial charge in [0.25, 0.3) is 5.91 Å². The standard InChI is InChI=1S/C16H21N3O2/c1-12-5-7-16(11-20,8-6-12)18-15(21)13-10-19-9-3-2-4-14(19)17-13/h2-4,9-10,12,20H,5-8,11H2,1H3,(H,18,21). The van der Waals surface area contributed by atoms with E-state index in [1.54, 1.807) is 6.20 Å². The molecule has 0 atom stereocenters. The first-order chi connectivity index (χ1) is 10.1. The van der Waals surface area contributed by atoms with Crippen LogP contribution >= 0.6 is 0 Å². The SMILES string of the molecule is CC1CCC(CO)(NC(=O)c2cn3ccccc3n2)CC1. The number of carbonyl (C=O) groups is 1. The van der Waals surface area contributed by atoms with E-state index in [0.717, 1.165) is 31.3 Å². The number of pyridine rings is 1. The van der Waals surface area contributed by atoms with Crippen LogP contribution in [0.2, 0.25) is 0 Å². The van der Waals surface area contributed by atoms with Crippen LogP contribution in [0.3, 0.4) is 0 Å². The van der Waals surface area contributed by atoms with Gasteiger partial charge in [-0.3, -0.25) is 4.79 Å². The third kappa shape index (κ3) is 2.78. The normalized spacial score (nSPS) is 25.9. The third-order valence-corrected chi connectivity index (χ3v) is 4.51. The van der Waals surface area contributed by atoms with Gasteiger partial charge < -0.3 is 14.8 Å². The molecular weight excluding hydrogens is 266 g/mol. The van der Waals surface area contributed by atoms with Gasteiger partial charge in [-0.15, -0.1) is 0 Å². The number of aliphatic hydroxyl groups excluding tert-OH is 1. The number of nitrogens with zero attached hydrogens (tertiary/aromatic N) is 2. The lowest BCUT2D eigenvalue weighted by molar-refractivity contribution is 0.0713. The second-order valence-corrected chi connectivity index (χ2v) is 6.17. The Balaban J connectivity index is 1.78. The molecule has 2 N–H and O–H groups in total. The van der Waals surface area contributed by atoms with Crippen LogP contribution in [0.25, 0.3) is 5.65 Å². The summed E-state index contributed by atoms with van der Waals surface area (Å²) >= 11 is 0. The highest BCUT2D eigenvalue weighted by Gasteiger charge is 2.35. The smallest absolute Gasteiger partial charge is 0.272 e. The van der Waals surface area contributed by atoms with Gasteiger partial charge in [-0.1, -0.05) is 13.0 Å². The van der Waals surface area contributed by atoms with Gasteiger partial charge in [0, 0.05) is 12.4 Å². The monoisotopic (exact) mass is 287 g/mol. The molecule has 0 spiro atoms. The molecule has 0 aromatic carbocycles. The molecule has 1 aliphatic rings. The highest BCUT2D eigenvalue weighted by atomic mass is 16.3. The third-order valence-electron chi connectivity index (χ3n) is 4.51. The number of imidazole rings is 1. The van der Waals surface area contributed by atoms with E-state index in [2.05, 4.69) is 17.2 Å². The summed E-state index contributed by atoms with van der Waals surface area (Å²) in [5.41, 5.74) is 0.657. The number of nitrogens with one attached hydrogen (secondary N) is 1. The number of amides is 1. The van der Waals surface area contributed by atoms with E-state index in [-0.39, 0.29) is 12.5 Å². The molecule has 1 fully saturated rings. The molecular formula is C16H21N3O2. The fraction of sp³-hybridized carbons (Fsp3) is 0.500. The van der Waals surface area contributed by atoms with Crippen molar-refractivity contribution >= 4 is 11.6 Å². The first-order valence-corrected chi connectivity index (χ1v) is 7.49. The van der Waals surface area contributed by atoms with Crippen molar-refractivity contribution in [3.8, 4) is 0 Å². The largest absolute Gasteiger partial charge is 0.394 e. The van der Waals surface area contributed by atoms with Crippen LogP contribution in [0, 0.1) is 5.92 Å². The fourth-order valence-electron chi connectivity index (χ4n) is 2.99. The van der Waals surface area contributed by atoms with Gasteiger partial charge in [-0.25, -0.2) is 4.98 Å². The van der Waals surface area contributed by atoms with Gasteiger partial charge in [0.05, 0.1) is 12.1 Å². The molecule has 3 rings (SSSR count). The molecule has 5 heteroatoms. The van der Waals surface area contributed by atoms with E-state index in [4.69, 9.17) is 0 Å². The highest BCUT2D eigenvalue weighted by Crippen LogP contribution is 2.31. The quantitative estimate of drug-likeness (QED) is 0.907. The van der Waals surface area contributed by atoms with Crippen molar-refractivity contribution in [2.45, 2.75) is 38.1 Å². The second kappa shape index (κ2) is 5.48. The summed E-state index contributed by atoms with van der Waals surface area (Å²) in [4.78, 5) is 16.8. The number of hydrogen-bond donors (Lipinski definition) is 2. The summed E-state index contributed by atoms with van der Waals surface area (Å²) in [6, 6.07) is 5.65. The molecule has 1 aliphatic carbocycles. The summed E-state index contributed by atoms with van der Waals surface area (Å²) in [5.74, 6) is 0.457. The zero-order valence-corrected chi connectivity index (χ0v) is 12.2. The van der Waals surface area contributed by atoms with E-state index in [1.165, 1.54) is 0 Å². The van der Waals surface area contributed by atoms with Crippen LogP contribution in [0.1, 0.15) is 43.1 Å². The van der Waals surface area contributed by atoms with Crippen LogP contribution in [-0.4, -0.2) is 32.5 Å². The zero-order chi connectivity index (χ0) is 14.9. The summed E-state index contributed by atoms with van der Waals surface area (Å²) < 4.78 is 1.82. The molecule has 2 aromatic rings. The molecule has 0 radical (unpaired) electrons. The fourth-order valence-corrected chi connectivity index (χ4v) is 2.99. The van der Waals surface area contributed by atoms with Crippen molar-refractivity contribution in [2.75, 3.05) is 6.61 Å². The first-order valence-electron chi connectivity index (χ1n) is 7.49. The molecule has 0 saturated heterocycles. The van der Waals surface area contributed by atoms with Crippen molar-refractivity contribution in [1.82, 2.24) is 14.7 Å². The number of fused-ring (bicyclic) bond motifs is 1. The zero-order valence-electron chi connectivity index (χ0n) is 12.2. The lowest BCUT2D eigenvalue weighted by atomic mass is 9.77. The molecule has 1 saturated carbocycles. The average molecular weight is 287 g/mol. The van der Waals surface area contributed by atoms with Gasteiger partial charge in [0.15, 0.2) is 0 Å². The lowest BCUT2D eigenvalue weighted by Crippen LogP contribution is -2.53. The van der Waals surface area contributed by atoms with Crippen LogP contribution in [-0.2, 0) is 0 Å². The Hall–Kier alpha value is -1.88. The molecule has 1 amide bonds. The molecule has 112 valence electrons. The molecule has 5 nitrogen and oxygen atoms in total. The average Bonchev–Trinajstić information content (AvgIpc) is 2.94. The summed E-state index contributed by atoms with van der Waals surface area (Å²) in [7, 11) is 0. The molecule has 0 aliphatic heterocycles. The van der Waals surface area contributed by atoms with Crippen molar-refractivity contribution in [3.05, 3.63) is 36.3 Å². The van der Waals surface area contributed by atoms with Crippen molar-refractivity contribution in [3.63, 3.8) is 0 Å². The van der Waals surface area contributed by atoms with Crippen molar-refractivity contribution in [1.29, 1.82) is 0 Å². The minimum absolute atomic E-state index is 0.0150. The summed E-state index contributed by atoms with van der Waals surface area (Å²) in [6.45, 7) is 2.20. The van der Waals surface area contributed by atoms with E-state index in [0.29, 0.717) is 11.6 Å². The van der Waals surface area contributed by atoms with E-state index < -0.39 is 5.54 Å². The topological polar surface area (TPSA) is 66.6 Å². The van der Waals surface area contributed by atoms with Crippen LogP contribution in [0.5, 0.6) is 0 Å². The second-order valence-electron chi connectivity index (χ2n) is 6.17. The van der Waals surface area contributed by atoms with Crippen molar-refractivity contribution in [2.24, 2.45) is 5.92 Å². The van der Waals surface area contributed by atoms with Crippen LogP contribution in [0.15, 0.2) is 30.6 Å². The molecule has 21 heavy (non-hydrogen) atoms. The maximum Gasteiger partial charge on any atom is 0.272 e. The summed E-state index contributed by atoms with van der Waals surface area (Å²) in [6.07, 6.45) is 7.30. The molecule has 0 bridgehead atoms. The Morgan fingerprint density at radius 1 is 1.48 bits per heavy atom. The number of aromatic nitrogens is 2. The van der Waals surface area contributed by atoms with E-state index in [1.807, 2.05) is 28.8 Å². The predicted molar refractivity (Wildman–Crippen MR) is 80.1 cm³/mol. The number of aliphatic hydroxyl groups is 1. The van der Waals surface area contributed by atoms with E-state index >= 15 is 0 Å². The Labute approximate surface area is 124 Å². The van der Waals surface area contributed by atoms with Gasteiger partial charge in [-0.2, -0.15) is 0 Å². The van der Waals surface area contributed by atoms with Gasteiger partial charge >= 0.3 is 0 Å². The molecule has 2 heterocycles. The molecule has 0 unspecified atom stereocenters. The lowest BCUT2D eigenvalue weighted by Gasteiger charge is -2.38. The first kappa shape index (κ1) is 14.1. The Kier molecular flexibility index (Phi) is 3.68. The number of hydrogen-bond acceptors (Lipinski definition) is 3. The maximum atomic E-state index is 12.4. The van der Waals surface area contributed by atoms with E-state index in [9.17, 15) is 9.90 Å². The number of rotatable bonds is 3. The Morgan fingerprint density at radius 2 is 2.24 bits per heavy atom. The summed E-state index contributed by atoms with van der Waals surface area (Å²) in [5, 5.41) is 12.7. The predicted octanol–water partition coefficient (Wildman–Crippen LogP) is 2.01. The van der Waals surface area contributed by atoms with Gasteiger partial charge in [0.2, 0.25) is 0 Å².